The van der Waals surface area contributed by atoms with Gasteiger partial charge in [-0.05, 0) is 128 Å². The smallest absolute Gasteiger partial charge is 0.0491 e. The number of hydrogen-bond donors (Lipinski definition) is 0. The van der Waals surface area contributed by atoms with Crippen LogP contribution in [0.4, 0.5) is 0 Å². The van der Waals surface area contributed by atoms with Crippen LogP contribution in [0.15, 0.2) is 170 Å². The summed E-state index contributed by atoms with van der Waals surface area (Å²) in [6, 6.07) is 63.7. The lowest BCUT2D eigenvalue weighted by Gasteiger charge is -2.18. The van der Waals surface area contributed by atoms with Crippen molar-refractivity contribution in [2.45, 2.75) is 26.9 Å². The molecule has 2 heteroatoms. The molecule has 2 nitrogen and oxygen atoms in total. The number of fused-ring (bicyclic) bond motifs is 9. The molecule has 9 aromatic carbocycles. The molecule has 0 aliphatic carbocycles. The highest BCUT2D eigenvalue weighted by Gasteiger charge is 2.19. The Kier molecular flexibility index (Phi) is 6.84. The first-order valence-electron chi connectivity index (χ1n) is 19.2. The quantitative estimate of drug-likeness (QED) is 0.159. The molecule has 0 bridgehead atoms. The van der Waals surface area contributed by atoms with E-state index in [9.17, 15) is 0 Å². The van der Waals surface area contributed by atoms with Crippen molar-refractivity contribution in [2.75, 3.05) is 0 Å². The van der Waals surface area contributed by atoms with Gasteiger partial charge in [-0.1, -0.05) is 121 Å². The molecule has 11 rings (SSSR count). The molecule has 0 saturated carbocycles. The molecule has 0 aliphatic heterocycles. The third kappa shape index (κ3) is 4.47. The molecule has 0 aliphatic rings. The van der Waals surface area contributed by atoms with Crippen LogP contribution in [0, 0.1) is 0 Å². The summed E-state index contributed by atoms with van der Waals surface area (Å²) in [7, 11) is 0. The molecule has 0 atom stereocenters. The van der Waals surface area contributed by atoms with Gasteiger partial charge in [0.15, 0.2) is 0 Å². The summed E-state index contributed by atoms with van der Waals surface area (Å²) in [5.41, 5.74) is 12.6. The maximum atomic E-state index is 2.47. The molecule has 0 radical (unpaired) electrons. The Morgan fingerprint density at radius 3 is 1.33 bits per heavy atom. The fraction of sp³-hybridized carbons (Fsp3) is 0.0769. The molecule has 0 unspecified atom stereocenters. The molecule has 0 spiro atoms. The van der Waals surface area contributed by atoms with E-state index in [0.717, 1.165) is 13.1 Å². The van der Waals surface area contributed by atoms with E-state index in [0.29, 0.717) is 0 Å². The second kappa shape index (κ2) is 11.9. The van der Waals surface area contributed by atoms with Gasteiger partial charge in [0.25, 0.3) is 0 Å². The Morgan fingerprint density at radius 2 is 0.778 bits per heavy atom. The molecular formula is C52H38N2. The second-order valence-corrected chi connectivity index (χ2v) is 14.6. The average molecular weight is 691 g/mol. The minimum Gasteiger partial charge on any atom is -0.341 e. The minimum absolute atomic E-state index is 0.937. The summed E-state index contributed by atoms with van der Waals surface area (Å²) in [6.07, 6.45) is 0. The third-order valence-electron chi connectivity index (χ3n) is 11.9. The lowest BCUT2D eigenvalue weighted by molar-refractivity contribution is 0.827. The number of benzene rings is 9. The minimum atomic E-state index is 0.937. The summed E-state index contributed by atoms with van der Waals surface area (Å²) in [5.74, 6) is 0. The summed E-state index contributed by atoms with van der Waals surface area (Å²) < 4.78 is 4.87. The van der Waals surface area contributed by atoms with Gasteiger partial charge in [-0.3, -0.25) is 0 Å². The largest absolute Gasteiger partial charge is 0.341 e. The van der Waals surface area contributed by atoms with Gasteiger partial charge < -0.3 is 9.13 Å². The highest BCUT2D eigenvalue weighted by Crippen LogP contribution is 2.45. The molecule has 256 valence electrons. The third-order valence-corrected chi connectivity index (χ3v) is 11.9. The first kappa shape index (κ1) is 30.9. The number of aryl methyl sites for hydroxylation is 2. The fourth-order valence-electron chi connectivity index (χ4n) is 9.45. The zero-order valence-corrected chi connectivity index (χ0v) is 30.5. The van der Waals surface area contributed by atoms with Crippen LogP contribution >= 0.6 is 0 Å². The van der Waals surface area contributed by atoms with Crippen molar-refractivity contribution in [3.8, 4) is 33.4 Å². The van der Waals surface area contributed by atoms with Crippen molar-refractivity contribution in [3.05, 3.63) is 170 Å². The first-order chi connectivity index (χ1) is 26.7. The zero-order valence-electron chi connectivity index (χ0n) is 30.5. The Balaban J connectivity index is 1.22. The van der Waals surface area contributed by atoms with Crippen molar-refractivity contribution in [1.82, 2.24) is 9.13 Å². The van der Waals surface area contributed by atoms with Crippen LogP contribution in [0.25, 0.3) is 109 Å². The SMILES string of the molecule is CCn1c2ccccc2c2cc(-c3cccc4c(-c5ccc6ccccc6c5)c5cccc(-c6ccc7c(c6)c6ccccc6n7CC)c5cc34)ccc21. The zero-order chi connectivity index (χ0) is 35.9. The first-order valence-corrected chi connectivity index (χ1v) is 19.2. The predicted octanol–water partition coefficient (Wildman–Crippen LogP) is 14.4. The highest BCUT2D eigenvalue weighted by molar-refractivity contribution is 6.20. The van der Waals surface area contributed by atoms with Gasteiger partial charge in [-0.25, -0.2) is 0 Å². The van der Waals surface area contributed by atoms with E-state index in [1.807, 2.05) is 0 Å². The standard InChI is InChI=1S/C52H38N2/c1-3-53-48-21-9-7-15-40(48)46-30-35(25-27-50(46)53)38-17-11-19-42-44(38)32-45-39(36-26-28-51-47(31-36)41-16-8-10-22-49(41)54(51)4-2)18-12-20-43(45)52(42)37-24-23-33-13-5-6-14-34(33)29-37/h5-32H,3-4H2,1-2H3. The number of hydrogen-bond acceptors (Lipinski definition) is 0. The molecular weight excluding hydrogens is 653 g/mol. The lowest BCUT2D eigenvalue weighted by atomic mass is 9.85. The van der Waals surface area contributed by atoms with Gasteiger partial charge in [0.05, 0.1) is 0 Å². The fourth-order valence-corrected chi connectivity index (χ4v) is 9.45. The molecule has 2 aromatic heterocycles. The van der Waals surface area contributed by atoms with E-state index in [4.69, 9.17) is 0 Å². The van der Waals surface area contributed by atoms with Crippen LogP contribution in [0.5, 0.6) is 0 Å². The van der Waals surface area contributed by atoms with Crippen molar-refractivity contribution in [3.63, 3.8) is 0 Å². The summed E-state index contributed by atoms with van der Waals surface area (Å²) >= 11 is 0. The maximum absolute atomic E-state index is 2.47. The van der Waals surface area contributed by atoms with Gasteiger partial charge in [0.2, 0.25) is 0 Å². The maximum Gasteiger partial charge on any atom is 0.0491 e. The molecule has 54 heavy (non-hydrogen) atoms. The topological polar surface area (TPSA) is 9.86 Å². The molecule has 0 amide bonds. The molecule has 0 saturated heterocycles. The predicted molar refractivity (Wildman–Crippen MR) is 233 cm³/mol. The highest BCUT2D eigenvalue weighted by atomic mass is 15.0. The second-order valence-electron chi connectivity index (χ2n) is 14.6. The van der Waals surface area contributed by atoms with Gasteiger partial charge in [-0.15, -0.1) is 0 Å². The monoisotopic (exact) mass is 690 g/mol. The van der Waals surface area contributed by atoms with Crippen molar-refractivity contribution in [2.24, 2.45) is 0 Å². The van der Waals surface area contributed by atoms with Crippen molar-refractivity contribution < 1.29 is 0 Å². The molecule has 2 heterocycles. The number of para-hydroxylation sites is 2. The number of nitrogens with zero attached hydrogens (tertiary/aromatic N) is 2. The Morgan fingerprint density at radius 1 is 0.315 bits per heavy atom. The molecule has 11 aromatic rings. The van der Waals surface area contributed by atoms with Crippen molar-refractivity contribution in [1.29, 1.82) is 0 Å². The van der Waals surface area contributed by atoms with E-state index >= 15 is 0 Å². The Hall–Kier alpha value is -6.64. The van der Waals surface area contributed by atoms with Crippen LogP contribution < -0.4 is 0 Å². The summed E-state index contributed by atoms with van der Waals surface area (Å²) in [5, 5.41) is 12.8. The van der Waals surface area contributed by atoms with Crippen LogP contribution in [-0.4, -0.2) is 9.13 Å². The van der Waals surface area contributed by atoms with Crippen LogP contribution in [0.2, 0.25) is 0 Å². The van der Waals surface area contributed by atoms with Gasteiger partial charge in [-0.2, -0.15) is 0 Å². The lowest BCUT2D eigenvalue weighted by Crippen LogP contribution is -1.93. The average Bonchev–Trinajstić information content (AvgIpc) is 3.73. The van der Waals surface area contributed by atoms with Crippen LogP contribution in [-0.2, 0) is 13.1 Å². The molecule has 0 N–H and O–H groups in total. The van der Waals surface area contributed by atoms with E-state index < -0.39 is 0 Å². The number of aromatic nitrogens is 2. The summed E-state index contributed by atoms with van der Waals surface area (Å²) in [4.78, 5) is 0. The summed E-state index contributed by atoms with van der Waals surface area (Å²) in [6.45, 7) is 6.35. The van der Waals surface area contributed by atoms with Crippen LogP contribution in [0.1, 0.15) is 13.8 Å². The molecule has 0 fully saturated rings. The Bertz CT molecular complexity index is 3120. The van der Waals surface area contributed by atoms with E-state index in [2.05, 4.69) is 193 Å². The van der Waals surface area contributed by atoms with Gasteiger partial charge in [0.1, 0.15) is 0 Å². The van der Waals surface area contributed by atoms with E-state index in [1.54, 1.807) is 0 Å². The van der Waals surface area contributed by atoms with E-state index in [-0.39, 0.29) is 0 Å². The Labute approximate surface area is 314 Å². The van der Waals surface area contributed by atoms with Crippen molar-refractivity contribution >= 4 is 75.9 Å². The van der Waals surface area contributed by atoms with Crippen LogP contribution in [0.3, 0.4) is 0 Å². The number of rotatable bonds is 5. The normalized spacial score (nSPS) is 12.0. The van der Waals surface area contributed by atoms with E-state index in [1.165, 1.54) is 109 Å². The van der Waals surface area contributed by atoms with Gasteiger partial charge >= 0.3 is 0 Å². The van der Waals surface area contributed by atoms with Gasteiger partial charge in [0, 0.05) is 56.7 Å².